The maximum Gasteiger partial charge on any atom is 0.253 e. The number of amides is 1. The maximum absolute atomic E-state index is 12.8. The molecule has 1 aromatic carbocycles. The van der Waals surface area contributed by atoms with E-state index in [-0.39, 0.29) is 11.9 Å². The Morgan fingerprint density at radius 3 is 2.67 bits per heavy atom. The summed E-state index contributed by atoms with van der Waals surface area (Å²) in [4.78, 5) is 14.4. The monoisotopic (exact) mass is 347 g/mol. The second kappa shape index (κ2) is 6.43. The van der Waals surface area contributed by atoms with Gasteiger partial charge < -0.3 is 9.32 Å². The summed E-state index contributed by atoms with van der Waals surface area (Å²) in [6.07, 6.45) is 6.65. The fraction of sp³-hybridized carbons (Fsp3) is 0.389. The fourth-order valence-electron chi connectivity index (χ4n) is 3.46. The fourth-order valence-corrected chi connectivity index (χ4v) is 4.95. The quantitative estimate of drug-likeness (QED) is 0.853. The minimum atomic E-state index is -3.16. The van der Waals surface area contributed by atoms with Crippen LogP contribution in [0.1, 0.15) is 29.6 Å². The molecule has 5 nitrogen and oxygen atoms in total. The van der Waals surface area contributed by atoms with Gasteiger partial charge in [0.2, 0.25) is 0 Å². The number of furan rings is 1. The van der Waals surface area contributed by atoms with E-state index in [9.17, 15) is 13.2 Å². The molecule has 1 amide bonds. The molecule has 1 aliphatic rings. The van der Waals surface area contributed by atoms with E-state index in [1.807, 2.05) is 24.3 Å². The van der Waals surface area contributed by atoms with Gasteiger partial charge in [-0.1, -0.05) is 12.1 Å². The smallest absolute Gasteiger partial charge is 0.253 e. The lowest BCUT2D eigenvalue weighted by atomic mass is 10.0. The zero-order valence-corrected chi connectivity index (χ0v) is 14.6. The Bertz CT molecular complexity index is 826. The van der Waals surface area contributed by atoms with E-state index >= 15 is 0 Å². The van der Waals surface area contributed by atoms with E-state index in [2.05, 4.69) is 0 Å². The third-order valence-corrected chi connectivity index (χ3v) is 6.40. The zero-order chi connectivity index (χ0) is 17.3. The van der Waals surface area contributed by atoms with Crippen molar-refractivity contribution in [3.63, 3.8) is 0 Å². The van der Waals surface area contributed by atoms with Gasteiger partial charge in [-0.25, -0.2) is 8.42 Å². The van der Waals surface area contributed by atoms with Gasteiger partial charge >= 0.3 is 0 Å². The molecular formula is C18H21NO4S. The van der Waals surface area contributed by atoms with Crippen LogP contribution in [0.3, 0.4) is 0 Å². The first kappa shape index (κ1) is 16.8. The Hall–Kier alpha value is -2.08. The Kier molecular flexibility index (Phi) is 4.49. The van der Waals surface area contributed by atoms with Crippen molar-refractivity contribution in [2.24, 2.45) is 0 Å². The number of rotatable bonds is 4. The summed E-state index contributed by atoms with van der Waals surface area (Å²) in [6, 6.07) is 8.89. The molecular weight excluding hydrogens is 326 g/mol. The minimum absolute atomic E-state index is 0.152. The number of hydrogen-bond donors (Lipinski definition) is 0. The molecule has 1 heterocycles. The lowest BCUT2D eigenvalue weighted by Gasteiger charge is -2.29. The maximum atomic E-state index is 12.8. The van der Waals surface area contributed by atoms with Gasteiger partial charge in [0.15, 0.2) is 9.84 Å². The average Bonchev–Trinajstić information content (AvgIpc) is 3.24. The molecule has 0 N–H and O–H groups in total. The van der Waals surface area contributed by atoms with Crippen LogP contribution in [0, 0.1) is 0 Å². The van der Waals surface area contributed by atoms with Crippen LogP contribution < -0.4 is 0 Å². The van der Waals surface area contributed by atoms with Crippen molar-refractivity contribution in [3.8, 4) is 11.1 Å². The highest BCUT2D eigenvalue weighted by molar-refractivity contribution is 7.91. The third kappa shape index (κ3) is 3.24. The molecule has 3 rings (SSSR count). The summed E-state index contributed by atoms with van der Waals surface area (Å²) in [7, 11) is -1.47. The molecule has 0 bridgehead atoms. The number of carbonyl (C=O) groups is 1. The first-order valence-electron chi connectivity index (χ1n) is 7.96. The van der Waals surface area contributed by atoms with Crippen LogP contribution >= 0.6 is 0 Å². The summed E-state index contributed by atoms with van der Waals surface area (Å²) in [5.41, 5.74) is 2.35. The Morgan fingerprint density at radius 1 is 1.21 bits per heavy atom. The number of nitrogens with zero attached hydrogens (tertiary/aromatic N) is 1. The van der Waals surface area contributed by atoms with Gasteiger partial charge in [0.25, 0.3) is 5.91 Å². The number of hydrogen-bond acceptors (Lipinski definition) is 4. The predicted molar refractivity (Wildman–Crippen MR) is 92.5 cm³/mol. The van der Waals surface area contributed by atoms with E-state index in [1.165, 1.54) is 6.26 Å². The van der Waals surface area contributed by atoms with Crippen molar-refractivity contribution in [1.29, 1.82) is 0 Å². The van der Waals surface area contributed by atoms with Crippen molar-refractivity contribution in [2.75, 3.05) is 13.3 Å². The minimum Gasteiger partial charge on any atom is -0.472 e. The molecule has 1 aromatic heterocycles. The first-order chi connectivity index (χ1) is 11.4. The van der Waals surface area contributed by atoms with E-state index in [4.69, 9.17) is 4.42 Å². The average molecular weight is 347 g/mol. The Labute approximate surface area is 142 Å². The molecule has 128 valence electrons. The highest BCUT2D eigenvalue weighted by atomic mass is 32.2. The van der Waals surface area contributed by atoms with Gasteiger partial charge in [-0.2, -0.15) is 0 Å². The number of sulfone groups is 1. The summed E-state index contributed by atoms with van der Waals surface area (Å²) in [6.45, 7) is 0. The topological polar surface area (TPSA) is 67.6 Å². The van der Waals surface area contributed by atoms with Gasteiger partial charge in [-0.3, -0.25) is 4.79 Å². The molecule has 24 heavy (non-hydrogen) atoms. The zero-order valence-electron chi connectivity index (χ0n) is 13.8. The summed E-state index contributed by atoms with van der Waals surface area (Å²) in [5.74, 6) is -0.152. The molecule has 1 aliphatic carbocycles. The highest BCUT2D eigenvalue weighted by Crippen LogP contribution is 2.30. The summed E-state index contributed by atoms with van der Waals surface area (Å²) in [5, 5.41) is -0.469. The van der Waals surface area contributed by atoms with Crippen LogP contribution in [0.25, 0.3) is 11.1 Å². The third-order valence-electron chi connectivity index (χ3n) is 4.75. The molecule has 2 atom stereocenters. The van der Waals surface area contributed by atoms with Gasteiger partial charge in [0.05, 0.1) is 17.8 Å². The first-order valence-corrected chi connectivity index (χ1v) is 9.92. The molecule has 1 saturated carbocycles. The van der Waals surface area contributed by atoms with Crippen LogP contribution in [0.2, 0.25) is 0 Å². The summed E-state index contributed by atoms with van der Waals surface area (Å²) < 4.78 is 29.0. The Morgan fingerprint density at radius 2 is 2.00 bits per heavy atom. The van der Waals surface area contributed by atoms with Crippen LogP contribution in [-0.2, 0) is 9.84 Å². The van der Waals surface area contributed by atoms with Crippen LogP contribution in [0.15, 0.2) is 47.3 Å². The number of benzene rings is 1. The van der Waals surface area contributed by atoms with Crippen molar-refractivity contribution in [3.05, 3.63) is 48.4 Å². The van der Waals surface area contributed by atoms with Crippen LogP contribution in [0.4, 0.5) is 0 Å². The van der Waals surface area contributed by atoms with Gasteiger partial charge in [0.1, 0.15) is 0 Å². The van der Waals surface area contributed by atoms with Crippen molar-refractivity contribution in [1.82, 2.24) is 4.90 Å². The largest absolute Gasteiger partial charge is 0.472 e. The van der Waals surface area contributed by atoms with E-state index in [0.717, 1.165) is 24.0 Å². The molecule has 6 heteroatoms. The van der Waals surface area contributed by atoms with E-state index in [1.54, 1.807) is 30.5 Å². The normalized spacial score (nSPS) is 20.9. The number of carbonyl (C=O) groups excluding carboxylic acids is 1. The molecule has 0 radical (unpaired) electrons. The summed E-state index contributed by atoms with van der Waals surface area (Å²) >= 11 is 0. The predicted octanol–water partition coefficient (Wildman–Crippen LogP) is 2.98. The Balaban J connectivity index is 1.85. The molecule has 0 unspecified atom stereocenters. The van der Waals surface area contributed by atoms with Gasteiger partial charge in [0, 0.05) is 30.5 Å². The van der Waals surface area contributed by atoms with Gasteiger partial charge in [-0.05, 0) is 43.0 Å². The van der Waals surface area contributed by atoms with Crippen molar-refractivity contribution < 1.29 is 17.6 Å². The van der Waals surface area contributed by atoms with Crippen molar-refractivity contribution in [2.45, 2.75) is 30.6 Å². The lowest BCUT2D eigenvalue weighted by Crippen LogP contribution is -2.44. The van der Waals surface area contributed by atoms with Crippen LogP contribution in [-0.4, -0.2) is 43.8 Å². The lowest BCUT2D eigenvalue weighted by molar-refractivity contribution is 0.0737. The standard InChI is InChI=1S/C18H21NO4S/c1-19(16-7-4-8-17(16)24(2,21)22)18(20)14-6-3-5-13(11-14)15-9-10-23-12-15/h3,5-6,9-12,16-17H,4,7-8H2,1-2H3/t16-,17+/m1/s1. The second-order valence-electron chi connectivity index (χ2n) is 6.38. The van der Waals surface area contributed by atoms with E-state index in [0.29, 0.717) is 12.0 Å². The molecule has 2 aromatic rings. The molecule has 1 fully saturated rings. The second-order valence-corrected chi connectivity index (χ2v) is 8.64. The van der Waals surface area contributed by atoms with Crippen molar-refractivity contribution >= 4 is 15.7 Å². The molecule has 0 saturated heterocycles. The van der Waals surface area contributed by atoms with Gasteiger partial charge in [-0.15, -0.1) is 0 Å². The van der Waals surface area contributed by atoms with Crippen LogP contribution in [0.5, 0.6) is 0 Å². The molecule has 0 aliphatic heterocycles. The SMILES string of the molecule is CN(C(=O)c1cccc(-c2ccoc2)c1)[C@@H]1CCC[C@@H]1S(C)(=O)=O. The highest BCUT2D eigenvalue weighted by Gasteiger charge is 2.38. The van der Waals surface area contributed by atoms with E-state index < -0.39 is 15.1 Å². The molecule has 0 spiro atoms.